The average molecular weight is 399 g/mol. The molecule has 1 saturated heterocycles. The number of piperazine rings is 1. The molecule has 7 heteroatoms. The molecule has 1 amide bonds. The first kappa shape index (κ1) is 20.8. The van der Waals surface area contributed by atoms with Gasteiger partial charge in [-0.25, -0.2) is 4.79 Å². The molecule has 0 unspecified atom stereocenters. The van der Waals surface area contributed by atoms with Crippen molar-refractivity contribution < 1.29 is 19.1 Å². The normalized spacial score (nSPS) is 14.1. The van der Waals surface area contributed by atoms with Crippen LogP contribution < -0.4 is 9.64 Å². The molecule has 0 saturated carbocycles. The lowest BCUT2D eigenvalue weighted by molar-refractivity contribution is 0.0514. The van der Waals surface area contributed by atoms with Crippen molar-refractivity contribution in [2.24, 2.45) is 7.05 Å². The molecular formula is C22H29N3O4. The number of carbonyl (C=O) groups is 2. The first-order valence-electron chi connectivity index (χ1n) is 9.90. The van der Waals surface area contributed by atoms with Gasteiger partial charge in [0.1, 0.15) is 11.4 Å². The van der Waals surface area contributed by atoms with Gasteiger partial charge in [0.25, 0.3) is 5.91 Å². The minimum atomic E-state index is -0.390. The van der Waals surface area contributed by atoms with Crippen molar-refractivity contribution in [3.8, 4) is 5.75 Å². The molecule has 2 aromatic rings. The van der Waals surface area contributed by atoms with E-state index in [4.69, 9.17) is 9.47 Å². The maximum atomic E-state index is 13.2. The van der Waals surface area contributed by atoms with E-state index in [1.54, 1.807) is 25.6 Å². The molecule has 156 valence electrons. The third kappa shape index (κ3) is 3.95. The summed E-state index contributed by atoms with van der Waals surface area (Å²) >= 11 is 0. The van der Waals surface area contributed by atoms with Gasteiger partial charge in [-0.05, 0) is 50.6 Å². The minimum absolute atomic E-state index is 0.0273. The van der Waals surface area contributed by atoms with E-state index >= 15 is 0 Å². The molecule has 1 aliphatic rings. The number of methoxy groups -OCH3 is 1. The maximum Gasteiger partial charge on any atom is 0.355 e. The van der Waals surface area contributed by atoms with Crippen molar-refractivity contribution in [1.29, 1.82) is 0 Å². The summed E-state index contributed by atoms with van der Waals surface area (Å²) in [5, 5.41) is 0. The van der Waals surface area contributed by atoms with Crippen LogP contribution in [0.15, 0.2) is 24.3 Å². The van der Waals surface area contributed by atoms with Gasteiger partial charge in [-0.1, -0.05) is 0 Å². The zero-order valence-electron chi connectivity index (χ0n) is 17.8. The highest BCUT2D eigenvalue weighted by Crippen LogP contribution is 2.25. The Balaban J connectivity index is 1.74. The van der Waals surface area contributed by atoms with Crippen molar-refractivity contribution in [3.63, 3.8) is 0 Å². The van der Waals surface area contributed by atoms with Crippen molar-refractivity contribution >= 4 is 17.6 Å². The molecule has 3 rings (SSSR count). The lowest BCUT2D eigenvalue weighted by Crippen LogP contribution is -2.49. The fourth-order valence-corrected chi connectivity index (χ4v) is 3.90. The number of benzene rings is 1. The molecule has 0 aliphatic carbocycles. The third-order valence-corrected chi connectivity index (χ3v) is 5.62. The zero-order valence-corrected chi connectivity index (χ0v) is 17.8. The van der Waals surface area contributed by atoms with Crippen LogP contribution in [-0.2, 0) is 11.8 Å². The lowest BCUT2D eigenvalue weighted by Gasteiger charge is -2.36. The number of hydrogen-bond acceptors (Lipinski definition) is 5. The van der Waals surface area contributed by atoms with Gasteiger partial charge in [0.05, 0.1) is 19.3 Å². The Labute approximate surface area is 171 Å². The Morgan fingerprint density at radius 2 is 1.66 bits per heavy atom. The number of aromatic nitrogens is 1. The second-order valence-electron chi connectivity index (χ2n) is 7.19. The predicted octanol–water partition coefficient (Wildman–Crippen LogP) is 2.79. The Morgan fingerprint density at radius 3 is 2.21 bits per heavy atom. The van der Waals surface area contributed by atoms with Gasteiger partial charge in [0.15, 0.2) is 0 Å². The van der Waals surface area contributed by atoms with E-state index in [2.05, 4.69) is 4.90 Å². The van der Waals surface area contributed by atoms with Crippen LogP contribution in [0.3, 0.4) is 0 Å². The van der Waals surface area contributed by atoms with Gasteiger partial charge in [0, 0.05) is 44.6 Å². The summed E-state index contributed by atoms with van der Waals surface area (Å²) < 4.78 is 12.1. The highest BCUT2D eigenvalue weighted by Gasteiger charge is 2.30. The number of rotatable bonds is 5. The van der Waals surface area contributed by atoms with Gasteiger partial charge in [-0.15, -0.1) is 0 Å². The van der Waals surface area contributed by atoms with Crippen LogP contribution in [0, 0.1) is 13.8 Å². The highest BCUT2D eigenvalue weighted by molar-refractivity contribution is 6.01. The minimum Gasteiger partial charge on any atom is -0.497 e. The average Bonchev–Trinajstić information content (AvgIpc) is 2.96. The van der Waals surface area contributed by atoms with Crippen LogP contribution in [0.4, 0.5) is 5.69 Å². The van der Waals surface area contributed by atoms with Crippen molar-refractivity contribution in [2.75, 3.05) is 44.8 Å². The first-order valence-corrected chi connectivity index (χ1v) is 9.90. The summed E-state index contributed by atoms with van der Waals surface area (Å²) in [6.07, 6.45) is 0. The fourth-order valence-electron chi connectivity index (χ4n) is 3.90. The SMILES string of the molecule is CCOC(=O)c1c(C)c(C(=O)N2CCN(c3ccc(OC)cc3)CC2)c(C)n1C. The van der Waals surface area contributed by atoms with Crippen LogP contribution in [0.2, 0.25) is 0 Å². The number of anilines is 1. The molecule has 0 N–H and O–H groups in total. The summed E-state index contributed by atoms with van der Waals surface area (Å²) in [6, 6.07) is 7.96. The lowest BCUT2D eigenvalue weighted by atomic mass is 10.1. The highest BCUT2D eigenvalue weighted by atomic mass is 16.5. The smallest absolute Gasteiger partial charge is 0.355 e. The molecule has 0 spiro atoms. The number of esters is 1. The molecule has 7 nitrogen and oxygen atoms in total. The Hall–Kier alpha value is -2.96. The summed E-state index contributed by atoms with van der Waals surface area (Å²) in [7, 11) is 3.45. The molecule has 29 heavy (non-hydrogen) atoms. The van der Waals surface area contributed by atoms with E-state index in [-0.39, 0.29) is 11.9 Å². The summed E-state index contributed by atoms with van der Waals surface area (Å²) in [5.74, 6) is 0.412. The standard InChI is InChI=1S/C22H29N3O4/c1-6-29-22(27)20-15(2)19(16(3)23(20)4)21(26)25-13-11-24(12-14-25)17-7-9-18(28-5)10-8-17/h7-10H,6,11-14H2,1-5H3. The quantitative estimate of drug-likeness (QED) is 0.724. The Bertz CT molecular complexity index is 894. The van der Waals surface area contributed by atoms with E-state index in [9.17, 15) is 9.59 Å². The number of hydrogen-bond donors (Lipinski definition) is 0. The number of nitrogens with zero attached hydrogens (tertiary/aromatic N) is 3. The summed E-state index contributed by atoms with van der Waals surface area (Å²) in [4.78, 5) is 29.7. The van der Waals surface area contributed by atoms with E-state index in [1.807, 2.05) is 43.0 Å². The number of carbonyl (C=O) groups excluding carboxylic acids is 2. The van der Waals surface area contributed by atoms with E-state index in [0.717, 1.165) is 30.2 Å². The van der Waals surface area contributed by atoms with Gasteiger partial charge in [-0.3, -0.25) is 4.79 Å². The van der Waals surface area contributed by atoms with Gasteiger partial charge in [0.2, 0.25) is 0 Å². The summed E-state index contributed by atoms with van der Waals surface area (Å²) in [6.45, 7) is 8.55. The zero-order chi connectivity index (χ0) is 21.1. The van der Waals surface area contributed by atoms with Crippen LogP contribution >= 0.6 is 0 Å². The van der Waals surface area contributed by atoms with Crippen molar-refractivity contribution in [1.82, 2.24) is 9.47 Å². The van der Waals surface area contributed by atoms with Gasteiger partial charge in [-0.2, -0.15) is 0 Å². The van der Waals surface area contributed by atoms with Crippen LogP contribution in [0.25, 0.3) is 0 Å². The molecule has 0 atom stereocenters. The van der Waals surface area contributed by atoms with E-state index in [0.29, 0.717) is 36.5 Å². The molecule has 1 aliphatic heterocycles. The van der Waals surface area contributed by atoms with Gasteiger partial charge >= 0.3 is 5.97 Å². The predicted molar refractivity (Wildman–Crippen MR) is 112 cm³/mol. The van der Waals surface area contributed by atoms with E-state index < -0.39 is 0 Å². The summed E-state index contributed by atoms with van der Waals surface area (Å²) in [5.41, 5.74) is 3.65. The molecule has 0 bridgehead atoms. The largest absolute Gasteiger partial charge is 0.497 e. The third-order valence-electron chi connectivity index (χ3n) is 5.62. The monoisotopic (exact) mass is 399 g/mol. The van der Waals surface area contributed by atoms with Gasteiger partial charge < -0.3 is 23.8 Å². The fraction of sp³-hybridized carbons (Fsp3) is 0.455. The molecule has 1 aromatic heterocycles. The number of ether oxygens (including phenoxy) is 2. The molecule has 2 heterocycles. The second kappa shape index (κ2) is 8.59. The van der Waals surface area contributed by atoms with E-state index in [1.165, 1.54) is 0 Å². The van der Waals surface area contributed by atoms with Crippen molar-refractivity contribution in [2.45, 2.75) is 20.8 Å². The topological polar surface area (TPSA) is 64.0 Å². The molecule has 1 fully saturated rings. The first-order chi connectivity index (χ1) is 13.9. The molecule has 0 radical (unpaired) electrons. The van der Waals surface area contributed by atoms with Crippen LogP contribution in [0.1, 0.15) is 39.0 Å². The van der Waals surface area contributed by atoms with Crippen LogP contribution in [-0.4, -0.2) is 61.2 Å². The maximum absolute atomic E-state index is 13.2. The van der Waals surface area contributed by atoms with Crippen LogP contribution in [0.5, 0.6) is 5.75 Å². The Kier molecular flexibility index (Phi) is 6.15. The Morgan fingerprint density at radius 1 is 1.03 bits per heavy atom. The second-order valence-corrected chi connectivity index (χ2v) is 7.19. The molecular weight excluding hydrogens is 370 g/mol. The van der Waals surface area contributed by atoms with Crippen molar-refractivity contribution in [3.05, 3.63) is 46.8 Å². The molecule has 1 aromatic carbocycles. The number of amides is 1.